The molecule has 8 heteroatoms. The second-order valence-corrected chi connectivity index (χ2v) is 19.2. The molecule has 0 radical (unpaired) electrons. The third-order valence-electron chi connectivity index (χ3n) is 9.54. The molecular formula is C38H52O7Si. The maximum Gasteiger partial charge on any atom is 0.192 e. The second kappa shape index (κ2) is 14.3. The van der Waals surface area contributed by atoms with Crippen molar-refractivity contribution in [1.29, 1.82) is 0 Å². The molecule has 0 aromatic heterocycles. The summed E-state index contributed by atoms with van der Waals surface area (Å²) in [6, 6.07) is 28.4. The SMILES string of the molecule is COc1ccc(CO[C@@H]2[C@@H]3OC(C)(C)O[C@@H]3[C@@H](OCc3ccccc3)[C@H](O[C@H](C)c3ccccc3)[C@H]2O[Si](C)(C)C(C)(C)C)cc1. The van der Waals surface area contributed by atoms with Gasteiger partial charge < -0.3 is 32.8 Å². The zero-order valence-corrected chi connectivity index (χ0v) is 29.9. The maximum atomic E-state index is 7.34. The lowest BCUT2D eigenvalue weighted by Crippen LogP contribution is -2.67. The molecule has 2 aliphatic rings. The van der Waals surface area contributed by atoms with Crippen molar-refractivity contribution >= 4 is 8.32 Å². The first-order chi connectivity index (χ1) is 21.8. The van der Waals surface area contributed by atoms with Crippen molar-refractivity contribution in [3.63, 3.8) is 0 Å². The quantitative estimate of drug-likeness (QED) is 0.183. The van der Waals surface area contributed by atoms with E-state index in [1.54, 1.807) is 7.11 Å². The summed E-state index contributed by atoms with van der Waals surface area (Å²) in [4.78, 5) is 0. The molecule has 3 aromatic carbocycles. The Morgan fingerprint density at radius 2 is 1.22 bits per heavy atom. The molecule has 5 rings (SSSR count). The largest absolute Gasteiger partial charge is 0.497 e. The molecule has 0 amide bonds. The van der Waals surface area contributed by atoms with Crippen molar-refractivity contribution in [1.82, 2.24) is 0 Å². The van der Waals surface area contributed by atoms with Crippen LogP contribution in [0.15, 0.2) is 84.9 Å². The topological polar surface area (TPSA) is 64.6 Å². The number of rotatable bonds is 12. The second-order valence-electron chi connectivity index (χ2n) is 14.4. The van der Waals surface area contributed by atoms with Crippen LogP contribution in [0, 0.1) is 0 Å². The summed E-state index contributed by atoms with van der Waals surface area (Å²) < 4.78 is 46.8. The number of methoxy groups -OCH3 is 1. The van der Waals surface area contributed by atoms with Crippen LogP contribution in [0.25, 0.3) is 0 Å². The van der Waals surface area contributed by atoms with Gasteiger partial charge in [-0.1, -0.05) is 93.6 Å². The van der Waals surface area contributed by atoms with Gasteiger partial charge in [0.05, 0.1) is 26.4 Å². The van der Waals surface area contributed by atoms with Crippen LogP contribution < -0.4 is 4.74 Å². The van der Waals surface area contributed by atoms with E-state index >= 15 is 0 Å². The summed E-state index contributed by atoms with van der Waals surface area (Å²) in [7, 11) is -0.682. The first-order valence-corrected chi connectivity index (χ1v) is 19.3. The molecule has 3 aromatic rings. The van der Waals surface area contributed by atoms with Gasteiger partial charge in [0.2, 0.25) is 0 Å². The minimum atomic E-state index is -2.35. The molecule has 1 heterocycles. The van der Waals surface area contributed by atoms with E-state index in [-0.39, 0.29) is 11.1 Å². The summed E-state index contributed by atoms with van der Waals surface area (Å²) in [5.41, 5.74) is 3.18. The molecule has 7 atom stereocenters. The minimum absolute atomic E-state index is 0.0489. The highest BCUT2D eigenvalue weighted by molar-refractivity contribution is 6.74. The Kier molecular flexibility index (Phi) is 10.8. The first-order valence-electron chi connectivity index (χ1n) is 16.4. The maximum absolute atomic E-state index is 7.34. The Morgan fingerprint density at radius 1 is 0.717 bits per heavy atom. The molecule has 0 unspecified atom stereocenters. The van der Waals surface area contributed by atoms with E-state index in [0.717, 1.165) is 22.4 Å². The predicted molar refractivity (Wildman–Crippen MR) is 182 cm³/mol. The van der Waals surface area contributed by atoms with Gasteiger partial charge >= 0.3 is 0 Å². The fourth-order valence-electron chi connectivity index (χ4n) is 5.98. The molecule has 250 valence electrons. The Hall–Kier alpha value is -2.56. The highest BCUT2D eigenvalue weighted by Gasteiger charge is 2.62. The number of fused-ring (bicyclic) bond motifs is 1. The average molecular weight is 649 g/mol. The first kappa shape index (κ1) is 34.8. The van der Waals surface area contributed by atoms with E-state index in [4.69, 9.17) is 32.8 Å². The molecule has 0 N–H and O–H groups in total. The number of hydrogen-bond donors (Lipinski definition) is 0. The van der Waals surface area contributed by atoms with Crippen LogP contribution in [0.1, 0.15) is 64.3 Å². The highest BCUT2D eigenvalue weighted by atomic mass is 28.4. The summed E-state index contributed by atoms with van der Waals surface area (Å²) in [6.07, 6.45) is -3.05. The van der Waals surface area contributed by atoms with E-state index in [9.17, 15) is 0 Å². The Labute approximate surface area is 276 Å². The van der Waals surface area contributed by atoms with Gasteiger partial charge in [-0.05, 0) is 67.7 Å². The lowest BCUT2D eigenvalue weighted by Gasteiger charge is -2.51. The summed E-state index contributed by atoms with van der Waals surface area (Å²) in [6.45, 7) is 18.1. The molecule has 1 aliphatic heterocycles. The van der Waals surface area contributed by atoms with Gasteiger partial charge in [0.25, 0.3) is 0 Å². The molecule has 0 spiro atoms. The summed E-state index contributed by atoms with van der Waals surface area (Å²) in [5.74, 6) is -0.0379. The van der Waals surface area contributed by atoms with Crippen molar-refractivity contribution in [3.05, 3.63) is 102 Å². The van der Waals surface area contributed by atoms with Crippen LogP contribution in [-0.2, 0) is 41.3 Å². The zero-order chi connectivity index (χ0) is 33.1. The van der Waals surface area contributed by atoms with Crippen molar-refractivity contribution in [2.75, 3.05) is 7.11 Å². The molecule has 0 bridgehead atoms. The Bertz CT molecular complexity index is 1370. The van der Waals surface area contributed by atoms with Gasteiger partial charge in [0, 0.05) is 0 Å². The fourth-order valence-corrected chi connectivity index (χ4v) is 7.28. The summed E-state index contributed by atoms with van der Waals surface area (Å²) in [5, 5.41) is -0.0489. The highest BCUT2D eigenvalue weighted by Crippen LogP contribution is 2.46. The van der Waals surface area contributed by atoms with Gasteiger partial charge in [-0.2, -0.15) is 0 Å². The van der Waals surface area contributed by atoms with Crippen LogP contribution in [0.3, 0.4) is 0 Å². The van der Waals surface area contributed by atoms with Crippen molar-refractivity contribution < 1.29 is 32.8 Å². The molecule has 2 fully saturated rings. The van der Waals surface area contributed by atoms with E-state index in [1.807, 2.05) is 74.5 Å². The van der Waals surface area contributed by atoms with E-state index < -0.39 is 50.7 Å². The van der Waals surface area contributed by atoms with Crippen LogP contribution in [-0.4, -0.2) is 57.8 Å². The molecule has 1 saturated carbocycles. The lowest BCUT2D eigenvalue weighted by atomic mass is 9.84. The fraction of sp³-hybridized carbons (Fsp3) is 0.526. The van der Waals surface area contributed by atoms with Crippen LogP contribution in [0.2, 0.25) is 18.1 Å². The third-order valence-corrected chi connectivity index (χ3v) is 14.0. The van der Waals surface area contributed by atoms with Crippen LogP contribution >= 0.6 is 0 Å². The van der Waals surface area contributed by atoms with E-state index in [1.165, 1.54) is 0 Å². The van der Waals surface area contributed by atoms with Crippen molar-refractivity contribution in [3.8, 4) is 5.75 Å². The molecule has 7 nitrogen and oxygen atoms in total. The lowest BCUT2D eigenvalue weighted by molar-refractivity contribution is -0.241. The van der Waals surface area contributed by atoms with Crippen LogP contribution in [0.5, 0.6) is 5.75 Å². The number of benzene rings is 3. The molecule has 46 heavy (non-hydrogen) atoms. The van der Waals surface area contributed by atoms with Gasteiger partial charge in [0.15, 0.2) is 14.1 Å². The van der Waals surface area contributed by atoms with E-state index in [2.05, 4.69) is 65.1 Å². The number of hydrogen-bond acceptors (Lipinski definition) is 7. The standard InChI is InChI=1S/C38H52O7Si/c1-26(29-18-14-11-15-19-29)42-33-31(40-24-27-16-12-10-13-17-27)34-35(44-38(5,6)43-34)32(36(33)45-46(8,9)37(2,3)4)41-25-28-20-22-30(39-7)23-21-28/h10-23,26,31-36H,24-25H2,1-9H3/t26-,31+,32-,33+,34-,35+,36+/m1/s1. The predicted octanol–water partition coefficient (Wildman–Crippen LogP) is 8.24. The van der Waals surface area contributed by atoms with Gasteiger partial charge in [-0.15, -0.1) is 0 Å². The molecular weight excluding hydrogens is 596 g/mol. The number of ether oxygens (including phenoxy) is 6. The van der Waals surface area contributed by atoms with Crippen molar-refractivity contribution in [2.45, 2.75) is 121 Å². The van der Waals surface area contributed by atoms with Crippen LogP contribution in [0.4, 0.5) is 0 Å². The van der Waals surface area contributed by atoms with Gasteiger partial charge in [0.1, 0.15) is 42.4 Å². The molecule has 1 aliphatic carbocycles. The average Bonchev–Trinajstić information content (AvgIpc) is 3.35. The summed E-state index contributed by atoms with van der Waals surface area (Å²) >= 11 is 0. The third kappa shape index (κ3) is 8.10. The molecule has 1 saturated heterocycles. The Balaban J connectivity index is 1.56. The minimum Gasteiger partial charge on any atom is -0.497 e. The van der Waals surface area contributed by atoms with Gasteiger partial charge in [-0.25, -0.2) is 0 Å². The normalized spacial score (nSPS) is 26.8. The van der Waals surface area contributed by atoms with E-state index in [0.29, 0.717) is 13.2 Å². The Morgan fingerprint density at radius 3 is 1.74 bits per heavy atom. The monoisotopic (exact) mass is 648 g/mol. The van der Waals surface area contributed by atoms with Crippen molar-refractivity contribution in [2.24, 2.45) is 0 Å². The zero-order valence-electron chi connectivity index (χ0n) is 28.9. The van der Waals surface area contributed by atoms with Gasteiger partial charge in [-0.3, -0.25) is 0 Å². The smallest absolute Gasteiger partial charge is 0.192 e.